The van der Waals surface area contributed by atoms with Crippen molar-refractivity contribution in [3.05, 3.63) is 47.3 Å². The molecular weight excluding hydrogens is 368 g/mol. The molecule has 1 aliphatic rings. The third-order valence-electron chi connectivity index (χ3n) is 4.89. The van der Waals surface area contributed by atoms with E-state index >= 15 is 0 Å². The van der Waals surface area contributed by atoms with E-state index in [0.717, 1.165) is 37.4 Å². The summed E-state index contributed by atoms with van der Waals surface area (Å²) in [7, 11) is 1.72. The van der Waals surface area contributed by atoms with Gasteiger partial charge in [0.05, 0.1) is 31.5 Å². The number of carbonyl (C=O) groups is 1. The van der Waals surface area contributed by atoms with Crippen LogP contribution >= 0.6 is 0 Å². The molecule has 0 spiro atoms. The van der Waals surface area contributed by atoms with Gasteiger partial charge in [0.1, 0.15) is 0 Å². The molecule has 0 bridgehead atoms. The summed E-state index contributed by atoms with van der Waals surface area (Å²) in [6, 6.07) is 9.27. The Morgan fingerprint density at radius 1 is 1.17 bits per heavy atom. The lowest BCUT2D eigenvalue weighted by atomic mass is 10.1. The standard InChI is InChI=1S/C20H26N8O/c1-14(2)12-27-8-9-28-18(13-27)10-17(23-28)11-21-20(29)16-6-4-15(5-7-16)19-22-25-26(3)24-19/h4-7,10,14H,8-9,11-13H2,1-3H3,(H,21,29). The van der Waals surface area contributed by atoms with Crippen LogP contribution in [0.1, 0.15) is 35.6 Å². The van der Waals surface area contributed by atoms with Crippen molar-refractivity contribution in [3.63, 3.8) is 0 Å². The lowest BCUT2D eigenvalue weighted by Gasteiger charge is -2.28. The number of hydrogen-bond acceptors (Lipinski definition) is 6. The minimum atomic E-state index is -0.129. The Labute approximate surface area is 169 Å². The molecule has 152 valence electrons. The Morgan fingerprint density at radius 2 is 1.97 bits per heavy atom. The number of rotatable bonds is 6. The van der Waals surface area contributed by atoms with E-state index in [1.54, 1.807) is 19.2 Å². The molecule has 29 heavy (non-hydrogen) atoms. The Bertz CT molecular complexity index is 988. The van der Waals surface area contributed by atoms with Crippen LogP contribution in [0.15, 0.2) is 30.3 Å². The van der Waals surface area contributed by atoms with Gasteiger partial charge in [-0.2, -0.15) is 9.90 Å². The molecule has 0 atom stereocenters. The molecule has 1 N–H and O–H groups in total. The number of hydrogen-bond donors (Lipinski definition) is 1. The monoisotopic (exact) mass is 394 g/mol. The summed E-state index contributed by atoms with van der Waals surface area (Å²) in [5.41, 5.74) is 3.51. The van der Waals surface area contributed by atoms with E-state index in [1.165, 1.54) is 10.5 Å². The van der Waals surface area contributed by atoms with Crippen LogP contribution in [0, 0.1) is 5.92 Å². The van der Waals surface area contributed by atoms with Crippen LogP contribution in [0.4, 0.5) is 0 Å². The zero-order chi connectivity index (χ0) is 20.4. The van der Waals surface area contributed by atoms with Crippen molar-refractivity contribution in [1.82, 2.24) is 40.2 Å². The SMILES string of the molecule is CC(C)CN1CCn2nc(CNC(=O)c3ccc(-c4nnn(C)n4)cc3)cc2C1. The van der Waals surface area contributed by atoms with Crippen molar-refractivity contribution < 1.29 is 4.79 Å². The number of amides is 1. The lowest BCUT2D eigenvalue weighted by molar-refractivity contribution is 0.0950. The molecule has 3 aromatic rings. The third kappa shape index (κ3) is 4.51. The van der Waals surface area contributed by atoms with Crippen LogP contribution in [0.5, 0.6) is 0 Å². The number of fused-ring (bicyclic) bond motifs is 1. The third-order valence-corrected chi connectivity index (χ3v) is 4.89. The minimum Gasteiger partial charge on any atom is -0.346 e. The summed E-state index contributed by atoms with van der Waals surface area (Å²) in [4.78, 5) is 16.3. The molecule has 9 nitrogen and oxygen atoms in total. The predicted molar refractivity (Wildman–Crippen MR) is 108 cm³/mol. The Balaban J connectivity index is 1.35. The van der Waals surface area contributed by atoms with E-state index < -0.39 is 0 Å². The van der Waals surface area contributed by atoms with E-state index in [9.17, 15) is 4.79 Å². The van der Waals surface area contributed by atoms with Gasteiger partial charge in [-0.3, -0.25) is 14.4 Å². The molecule has 1 aromatic carbocycles. The van der Waals surface area contributed by atoms with Crippen LogP contribution in [0.2, 0.25) is 0 Å². The van der Waals surface area contributed by atoms with E-state index in [4.69, 9.17) is 0 Å². The zero-order valence-corrected chi connectivity index (χ0v) is 17.0. The maximum Gasteiger partial charge on any atom is 0.251 e. The zero-order valence-electron chi connectivity index (χ0n) is 17.0. The fourth-order valence-corrected chi connectivity index (χ4v) is 3.58. The quantitative estimate of drug-likeness (QED) is 0.681. The summed E-state index contributed by atoms with van der Waals surface area (Å²) in [5, 5.41) is 19.6. The highest BCUT2D eigenvalue weighted by Crippen LogP contribution is 2.16. The summed E-state index contributed by atoms with van der Waals surface area (Å²) in [6.45, 7) is 8.82. The molecule has 4 rings (SSSR count). The summed E-state index contributed by atoms with van der Waals surface area (Å²) < 4.78 is 2.06. The van der Waals surface area contributed by atoms with E-state index in [0.29, 0.717) is 23.9 Å². The van der Waals surface area contributed by atoms with Gasteiger partial charge in [0.15, 0.2) is 0 Å². The second-order valence-corrected chi connectivity index (χ2v) is 7.84. The van der Waals surface area contributed by atoms with Crippen molar-refractivity contribution in [3.8, 4) is 11.4 Å². The largest absolute Gasteiger partial charge is 0.346 e. The highest BCUT2D eigenvalue weighted by Gasteiger charge is 2.19. The number of benzene rings is 1. The molecular formula is C20H26N8O. The first-order valence-corrected chi connectivity index (χ1v) is 9.88. The number of nitrogens with one attached hydrogen (secondary N) is 1. The molecule has 0 aliphatic carbocycles. The van der Waals surface area contributed by atoms with Crippen LogP contribution in [0.3, 0.4) is 0 Å². The van der Waals surface area contributed by atoms with Crippen molar-refractivity contribution >= 4 is 5.91 Å². The molecule has 2 aromatic heterocycles. The Hall–Kier alpha value is -3.07. The molecule has 0 fully saturated rings. The molecule has 0 unspecified atom stereocenters. The highest BCUT2D eigenvalue weighted by molar-refractivity contribution is 5.94. The Morgan fingerprint density at radius 3 is 2.66 bits per heavy atom. The lowest BCUT2D eigenvalue weighted by Crippen LogP contribution is -2.36. The van der Waals surface area contributed by atoms with Crippen LogP contribution in [-0.2, 0) is 26.7 Å². The summed E-state index contributed by atoms with van der Waals surface area (Å²) >= 11 is 0. The Kier molecular flexibility index (Phi) is 5.39. The van der Waals surface area contributed by atoms with Gasteiger partial charge in [0.25, 0.3) is 5.91 Å². The van der Waals surface area contributed by atoms with Gasteiger partial charge in [-0.05, 0) is 29.3 Å². The molecule has 0 saturated carbocycles. The van der Waals surface area contributed by atoms with Gasteiger partial charge >= 0.3 is 0 Å². The molecule has 1 aliphatic heterocycles. The molecule has 0 radical (unpaired) electrons. The first-order chi connectivity index (χ1) is 14.0. The maximum atomic E-state index is 12.5. The average molecular weight is 394 g/mol. The molecule has 0 saturated heterocycles. The second-order valence-electron chi connectivity index (χ2n) is 7.84. The van der Waals surface area contributed by atoms with E-state index in [2.05, 4.69) is 55.3 Å². The second kappa shape index (κ2) is 8.12. The van der Waals surface area contributed by atoms with Gasteiger partial charge in [-0.25, -0.2) is 0 Å². The average Bonchev–Trinajstić information content (AvgIpc) is 3.31. The maximum absolute atomic E-state index is 12.5. The smallest absolute Gasteiger partial charge is 0.251 e. The van der Waals surface area contributed by atoms with Crippen LogP contribution in [-0.4, -0.2) is 53.9 Å². The van der Waals surface area contributed by atoms with Gasteiger partial charge in [-0.1, -0.05) is 26.0 Å². The van der Waals surface area contributed by atoms with E-state index in [1.807, 2.05) is 12.1 Å². The molecule has 3 heterocycles. The number of aryl methyl sites for hydroxylation is 1. The van der Waals surface area contributed by atoms with E-state index in [-0.39, 0.29) is 5.91 Å². The topological polar surface area (TPSA) is 93.8 Å². The number of carbonyl (C=O) groups excluding carboxylic acids is 1. The fourth-order valence-electron chi connectivity index (χ4n) is 3.58. The van der Waals surface area contributed by atoms with Crippen molar-refractivity contribution in [2.45, 2.75) is 33.5 Å². The molecule has 9 heteroatoms. The van der Waals surface area contributed by atoms with Crippen LogP contribution in [0.25, 0.3) is 11.4 Å². The summed E-state index contributed by atoms with van der Waals surface area (Å²) in [5.74, 6) is 1.06. The number of tetrazole rings is 1. The van der Waals surface area contributed by atoms with Crippen molar-refractivity contribution in [2.75, 3.05) is 13.1 Å². The number of nitrogens with zero attached hydrogens (tertiary/aromatic N) is 7. The highest BCUT2D eigenvalue weighted by atomic mass is 16.1. The van der Waals surface area contributed by atoms with Crippen molar-refractivity contribution in [2.24, 2.45) is 13.0 Å². The first-order valence-electron chi connectivity index (χ1n) is 9.88. The number of aromatic nitrogens is 6. The van der Waals surface area contributed by atoms with Gasteiger partial charge in [0.2, 0.25) is 5.82 Å². The normalized spacial score (nSPS) is 14.2. The minimum absolute atomic E-state index is 0.129. The fraction of sp³-hybridized carbons (Fsp3) is 0.450. The van der Waals surface area contributed by atoms with Gasteiger partial charge in [0, 0.05) is 30.8 Å². The predicted octanol–water partition coefficient (Wildman–Crippen LogP) is 1.48. The van der Waals surface area contributed by atoms with Crippen LogP contribution < -0.4 is 5.32 Å². The summed E-state index contributed by atoms with van der Waals surface area (Å²) in [6.07, 6.45) is 0. The van der Waals surface area contributed by atoms with Gasteiger partial charge < -0.3 is 5.32 Å². The molecule has 1 amide bonds. The van der Waals surface area contributed by atoms with Crippen molar-refractivity contribution in [1.29, 1.82) is 0 Å². The van der Waals surface area contributed by atoms with Gasteiger partial charge in [-0.15, -0.1) is 10.2 Å². The first kappa shape index (κ1) is 19.3.